The molecule has 0 saturated carbocycles. The van der Waals surface area contributed by atoms with Gasteiger partial charge in [-0.05, 0) is 36.7 Å². The van der Waals surface area contributed by atoms with Crippen LogP contribution in [0.2, 0.25) is 0 Å². The Bertz CT molecular complexity index is 474. The molecule has 3 atom stereocenters. The average molecular weight is 262 g/mol. The number of allylic oxidation sites excluding steroid dienone is 4. The second-order valence-corrected chi connectivity index (χ2v) is 6.29. The summed E-state index contributed by atoms with van der Waals surface area (Å²) in [5.74, 6) is 0.180. The largest absolute Gasteiger partial charge is 0.469 e. The molecule has 0 aromatic carbocycles. The van der Waals surface area contributed by atoms with Crippen LogP contribution in [0.25, 0.3) is 0 Å². The Morgan fingerprint density at radius 1 is 1.47 bits per heavy atom. The highest BCUT2D eigenvalue weighted by Gasteiger charge is 2.52. The van der Waals surface area contributed by atoms with Crippen molar-refractivity contribution < 1.29 is 14.3 Å². The summed E-state index contributed by atoms with van der Waals surface area (Å²) in [6.07, 6.45) is 8.11. The molecule has 0 spiro atoms. The average Bonchev–Trinajstić information content (AvgIpc) is 2.35. The van der Waals surface area contributed by atoms with Gasteiger partial charge in [-0.2, -0.15) is 0 Å². The number of carbonyl (C=O) groups is 2. The third-order valence-electron chi connectivity index (χ3n) is 4.90. The van der Waals surface area contributed by atoms with Gasteiger partial charge in [0.25, 0.3) is 0 Å². The molecule has 0 bridgehead atoms. The van der Waals surface area contributed by atoms with Crippen molar-refractivity contribution in [2.24, 2.45) is 16.7 Å². The minimum Gasteiger partial charge on any atom is -0.469 e. The van der Waals surface area contributed by atoms with Crippen molar-refractivity contribution in [3.8, 4) is 0 Å². The minimum absolute atomic E-state index is 0.167. The van der Waals surface area contributed by atoms with Gasteiger partial charge in [-0.1, -0.05) is 32.1 Å². The fraction of sp³-hybridized carbons (Fsp3) is 0.625. The summed E-state index contributed by atoms with van der Waals surface area (Å²) in [6.45, 7) is 5.99. The zero-order valence-corrected chi connectivity index (χ0v) is 12.2. The van der Waals surface area contributed by atoms with E-state index in [9.17, 15) is 9.59 Å². The van der Waals surface area contributed by atoms with Gasteiger partial charge in [-0.25, -0.2) is 0 Å². The van der Waals surface area contributed by atoms with E-state index in [4.69, 9.17) is 4.74 Å². The minimum atomic E-state index is -0.379. The molecule has 0 aromatic rings. The van der Waals surface area contributed by atoms with Crippen LogP contribution >= 0.6 is 0 Å². The number of hydrogen-bond donors (Lipinski definition) is 0. The number of methoxy groups -OCH3 is 1. The van der Waals surface area contributed by atoms with Crippen molar-refractivity contribution in [1.29, 1.82) is 0 Å². The fourth-order valence-corrected chi connectivity index (χ4v) is 3.74. The molecule has 2 aliphatic rings. The van der Waals surface area contributed by atoms with Crippen LogP contribution in [0, 0.1) is 16.7 Å². The van der Waals surface area contributed by atoms with Gasteiger partial charge < -0.3 is 4.74 Å². The molecule has 3 nitrogen and oxygen atoms in total. The SMILES string of the molecule is COC(=O)C[C@@]1(C)C=CC[C@]2(C)C(=O)C(C)=CC[C@@H]12. The Hall–Kier alpha value is -1.38. The normalized spacial score (nSPS) is 37.6. The molecule has 0 unspecified atom stereocenters. The maximum absolute atomic E-state index is 12.5. The first-order chi connectivity index (χ1) is 8.83. The van der Waals surface area contributed by atoms with Gasteiger partial charge in [0.15, 0.2) is 5.78 Å². The number of ether oxygens (including phenoxy) is 1. The molecule has 3 heteroatoms. The van der Waals surface area contributed by atoms with Gasteiger partial charge in [-0.15, -0.1) is 0 Å². The van der Waals surface area contributed by atoms with Crippen molar-refractivity contribution in [2.45, 2.75) is 40.0 Å². The van der Waals surface area contributed by atoms with Crippen LogP contribution < -0.4 is 0 Å². The molecule has 0 N–H and O–H groups in total. The summed E-state index contributed by atoms with van der Waals surface area (Å²) in [5, 5.41) is 0. The molecule has 2 aliphatic carbocycles. The standard InChI is InChI=1S/C16H22O3/c1-11-6-7-12-15(2,10-13(17)19-4)8-5-9-16(12,3)14(11)18/h5-6,8,12H,7,9-10H2,1-4H3/t12-,15+,16-/m0/s1. The quantitative estimate of drug-likeness (QED) is 0.567. The van der Waals surface area contributed by atoms with Crippen molar-refractivity contribution in [3.05, 3.63) is 23.8 Å². The molecule has 0 fully saturated rings. The number of fused-ring (bicyclic) bond motifs is 1. The van der Waals surface area contributed by atoms with Crippen LogP contribution in [0.5, 0.6) is 0 Å². The first-order valence-electron chi connectivity index (χ1n) is 6.79. The van der Waals surface area contributed by atoms with E-state index in [1.807, 2.05) is 19.9 Å². The molecule has 0 saturated heterocycles. The monoisotopic (exact) mass is 262 g/mol. The van der Waals surface area contributed by atoms with Crippen molar-refractivity contribution in [2.75, 3.05) is 7.11 Å². The predicted molar refractivity (Wildman–Crippen MR) is 73.5 cm³/mol. The highest BCUT2D eigenvalue weighted by molar-refractivity contribution is 6.00. The summed E-state index contributed by atoms with van der Waals surface area (Å²) in [6, 6.07) is 0. The number of rotatable bonds is 2. The van der Waals surface area contributed by atoms with E-state index in [2.05, 4.69) is 19.1 Å². The maximum Gasteiger partial charge on any atom is 0.306 e. The predicted octanol–water partition coefficient (Wildman–Crippen LogP) is 3.06. The van der Waals surface area contributed by atoms with E-state index in [0.29, 0.717) is 6.42 Å². The van der Waals surface area contributed by atoms with Gasteiger partial charge in [0, 0.05) is 5.41 Å². The lowest BCUT2D eigenvalue weighted by Gasteiger charge is -2.50. The molecular formula is C16H22O3. The molecule has 104 valence electrons. The van der Waals surface area contributed by atoms with Gasteiger partial charge in [0.2, 0.25) is 0 Å². The smallest absolute Gasteiger partial charge is 0.306 e. The lowest BCUT2D eigenvalue weighted by molar-refractivity contribution is -0.146. The molecule has 2 rings (SSSR count). The van der Waals surface area contributed by atoms with E-state index in [0.717, 1.165) is 18.4 Å². The van der Waals surface area contributed by atoms with Crippen LogP contribution in [0.15, 0.2) is 23.8 Å². The third-order valence-corrected chi connectivity index (χ3v) is 4.90. The third kappa shape index (κ3) is 2.15. The number of ketones is 1. The zero-order valence-electron chi connectivity index (χ0n) is 12.2. The maximum atomic E-state index is 12.5. The van der Waals surface area contributed by atoms with Gasteiger partial charge in [-0.3, -0.25) is 9.59 Å². The first-order valence-corrected chi connectivity index (χ1v) is 6.79. The van der Waals surface area contributed by atoms with Crippen LogP contribution in [0.4, 0.5) is 0 Å². The van der Waals surface area contributed by atoms with E-state index in [1.165, 1.54) is 7.11 Å². The second kappa shape index (κ2) is 4.62. The van der Waals surface area contributed by atoms with Gasteiger partial charge in [0.1, 0.15) is 0 Å². The Labute approximate surface area is 114 Å². The molecule has 0 radical (unpaired) electrons. The van der Waals surface area contributed by atoms with Crippen LogP contribution in [0.3, 0.4) is 0 Å². The van der Waals surface area contributed by atoms with E-state index in [-0.39, 0.29) is 28.5 Å². The Kier molecular flexibility index (Phi) is 3.41. The summed E-state index contributed by atoms with van der Waals surface area (Å²) in [7, 11) is 1.41. The number of hydrogen-bond acceptors (Lipinski definition) is 3. The number of carbonyl (C=O) groups excluding carboxylic acids is 2. The molecular weight excluding hydrogens is 240 g/mol. The molecule has 0 amide bonds. The second-order valence-electron chi connectivity index (χ2n) is 6.29. The summed E-state index contributed by atoms with van der Waals surface area (Å²) < 4.78 is 4.81. The van der Waals surface area contributed by atoms with Crippen molar-refractivity contribution in [1.82, 2.24) is 0 Å². The van der Waals surface area contributed by atoms with E-state index < -0.39 is 0 Å². The lowest BCUT2D eigenvalue weighted by Crippen LogP contribution is -2.48. The lowest BCUT2D eigenvalue weighted by atomic mass is 9.53. The topological polar surface area (TPSA) is 43.4 Å². The van der Waals surface area contributed by atoms with E-state index >= 15 is 0 Å². The van der Waals surface area contributed by atoms with Crippen LogP contribution in [-0.4, -0.2) is 18.9 Å². The summed E-state index contributed by atoms with van der Waals surface area (Å²) in [5.41, 5.74) is 0.179. The van der Waals surface area contributed by atoms with Crippen LogP contribution in [-0.2, 0) is 14.3 Å². The Morgan fingerprint density at radius 3 is 2.79 bits per heavy atom. The molecule has 19 heavy (non-hydrogen) atoms. The zero-order chi connectivity index (χ0) is 14.3. The summed E-state index contributed by atoms with van der Waals surface area (Å²) >= 11 is 0. The van der Waals surface area contributed by atoms with Crippen molar-refractivity contribution in [3.63, 3.8) is 0 Å². The highest BCUT2D eigenvalue weighted by atomic mass is 16.5. The summed E-state index contributed by atoms with van der Waals surface area (Å²) in [4.78, 5) is 24.2. The van der Waals surface area contributed by atoms with Crippen LogP contribution in [0.1, 0.15) is 40.0 Å². The molecule has 0 aliphatic heterocycles. The Morgan fingerprint density at radius 2 is 2.16 bits per heavy atom. The Balaban J connectivity index is 2.39. The fourth-order valence-electron chi connectivity index (χ4n) is 3.74. The van der Waals surface area contributed by atoms with Gasteiger partial charge in [0.05, 0.1) is 13.5 Å². The number of esters is 1. The highest BCUT2D eigenvalue weighted by Crippen LogP contribution is 2.54. The first kappa shape index (κ1) is 14.0. The molecule has 0 aromatic heterocycles. The molecule has 0 heterocycles. The number of Topliss-reactive ketones (excluding diaryl/α,β-unsaturated/α-hetero) is 1. The van der Waals surface area contributed by atoms with E-state index in [1.54, 1.807) is 0 Å². The van der Waals surface area contributed by atoms with Gasteiger partial charge >= 0.3 is 5.97 Å². The van der Waals surface area contributed by atoms with Crippen molar-refractivity contribution >= 4 is 11.8 Å².